The van der Waals surface area contributed by atoms with Gasteiger partial charge in [0.1, 0.15) is 5.69 Å². The van der Waals surface area contributed by atoms with Gasteiger partial charge in [-0.2, -0.15) is 0 Å². The Morgan fingerprint density at radius 1 is 1.50 bits per heavy atom. The fraction of sp³-hybridized carbons (Fsp3) is 0.167. The molecule has 0 aliphatic carbocycles. The summed E-state index contributed by atoms with van der Waals surface area (Å²) in [7, 11) is 0. The summed E-state index contributed by atoms with van der Waals surface area (Å²) in [5, 5.41) is 13.4. The molecular weight excluding hydrogens is 262 g/mol. The number of hydrogen-bond acceptors (Lipinski definition) is 5. The molecule has 2 aromatic rings. The number of carbonyl (C=O) groups is 1. The first kappa shape index (κ1) is 13.5. The average Bonchev–Trinajstić information content (AvgIpc) is 2.91. The van der Waals surface area contributed by atoms with Gasteiger partial charge in [0.2, 0.25) is 0 Å². The van der Waals surface area contributed by atoms with Crippen molar-refractivity contribution in [2.45, 2.75) is 6.42 Å². The molecule has 2 rings (SSSR count). The molecule has 0 saturated carbocycles. The van der Waals surface area contributed by atoms with Crippen LogP contribution in [0, 0.1) is 10.1 Å². The second-order valence-electron chi connectivity index (χ2n) is 4.08. The van der Waals surface area contributed by atoms with E-state index in [0.717, 1.165) is 5.69 Å². The number of hydrogen-bond donors (Lipinski definition) is 3. The highest BCUT2D eigenvalue weighted by Crippen LogP contribution is 2.24. The minimum Gasteiger partial charge on any atom is -0.393 e. The average molecular weight is 275 g/mol. The molecule has 0 bridgehead atoms. The fourth-order valence-corrected chi connectivity index (χ4v) is 1.74. The molecule has 0 radical (unpaired) electrons. The van der Waals surface area contributed by atoms with E-state index in [9.17, 15) is 14.9 Å². The Labute approximate surface area is 114 Å². The van der Waals surface area contributed by atoms with E-state index >= 15 is 0 Å². The van der Waals surface area contributed by atoms with Gasteiger partial charge < -0.3 is 16.0 Å². The smallest absolute Gasteiger partial charge is 0.292 e. The number of carbonyl (C=O) groups excluding carboxylic acids is 1. The van der Waals surface area contributed by atoms with Crippen molar-refractivity contribution < 1.29 is 9.72 Å². The first-order valence-corrected chi connectivity index (χ1v) is 5.88. The molecule has 8 heteroatoms. The Morgan fingerprint density at radius 2 is 2.30 bits per heavy atom. The van der Waals surface area contributed by atoms with Gasteiger partial charge in [0.05, 0.1) is 16.8 Å². The number of benzene rings is 1. The first-order chi connectivity index (χ1) is 9.59. The highest BCUT2D eigenvalue weighted by atomic mass is 16.6. The molecule has 1 aromatic carbocycles. The molecule has 0 spiro atoms. The quantitative estimate of drug-likeness (QED) is 0.424. The molecule has 0 atom stereocenters. The largest absolute Gasteiger partial charge is 0.393 e. The van der Waals surface area contributed by atoms with Gasteiger partial charge in [-0.25, -0.2) is 4.98 Å². The molecule has 0 unspecified atom stereocenters. The topological polar surface area (TPSA) is 127 Å². The maximum Gasteiger partial charge on any atom is 0.292 e. The van der Waals surface area contributed by atoms with E-state index in [1.54, 1.807) is 12.5 Å². The van der Waals surface area contributed by atoms with Crippen LogP contribution < -0.4 is 11.1 Å². The van der Waals surface area contributed by atoms with Crippen LogP contribution in [0.4, 0.5) is 11.4 Å². The van der Waals surface area contributed by atoms with Crippen LogP contribution in [0.5, 0.6) is 0 Å². The van der Waals surface area contributed by atoms with Crippen molar-refractivity contribution in [1.29, 1.82) is 0 Å². The van der Waals surface area contributed by atoms with Crippen LogP contribution in [0.3, 0.4) is 0 Å². The standard InChI is InChI=1S/C12H13N5O3/c13-11-9(2-1-3-10(11)17(19)20)12(18)15-5-4-8-6-14-7-16-8/h1-3,6-7H,4-5,13H2,(H,14,16)(H,15,18). The highest BCUT2D eigenvalue weighted by molar-refractivity contribution is 6.00. The maximum atomic E-state index is 11.9. The lowest BCUT2D eigenvalue weighted by Gasteiger charge is -2.07. The summed E-state index contributed by atoms with van der Waals surface area (Å²) in [6.45, 7) is 0.378. The van der Waals surface area contributed by atoms with Gasteiger partial charge in [-0.3, -0.25) is 14.9 Å². The van der Waals surface area contributed by atoms with E-state index < -0.39 is 10.8 Å². The van der Waals surface area contributed by atoms with Crippen molar-refractivity contribution >= 4 is 17.3 Å². The van der Waals surface area contributed by atoms with Gasteiger partial charge >= 0.3 is 0 Å². The summed E-state index contributed by atoms with van der Waals surface area (Å²) in [6, 6.07) is 4.14. The molecule has 0 fully saturated rings. The molecule has 1 aromatic heterocycles. The molecule has 20 heavy (non-hydrogen) atoms. The van der Waals surface area contributed by atoms with Crippen LogP contribution in [0.15, 0.2) is 30.7 Å². The molecule has 0 saturated heterocycles. The van der Waals surface area contributed by atoms with Crippen molar-refractivity contribution in [1.82, 2.24) is 15.3 Å². The Bertz CT molecular complexity index is 624. The normalized spacial score (nSPS) is 10.2. The first-order valence-electron chi connectivity index (χ1n) is 5.88. The van der Waals surface area contributed by atoms with Crippen LogP contribution in [0.1, 0.15) is 16.1 Å². The zero-order valence-corrected chi connectivity index (χ0v) is 10.5. The maximum absolute atomic E-state index is 11.9. The number of para-hydroxylation sites is 1. The lowest BCUT2D eigenvalue weighted by molar-refractivity contribution is -0.383. The van der Waals surface area contributed by atoms with Crippen LogP contribution in [0.2, 0.25) is 0 Å². The molecular formula is C12H13N5O3. The zero-order chi connectivity index (χ0) is 14.5. The number of anilines is 1. The van der Waals surface area contributed by atoms with Crippen LogP contribution in [0.25, 0.3) is 0 Å². The third-order valence-corrected chi connectivity index (χ3v) is 2.76. The van der Waals surface area contributed by atoms with E-state index in [2.05, 4.69) is 15.3 Å². The van der Waals surface area contributed by atoms with Gasteiger partial charge in [0, 0.05) is 30.9 Å². The van der Waals surface area contributed by atoms with Crippen molar-refractivity contribution in [2.75, 3.05) is 12.3 Å². The summed E-state index contributed by atoms with van der Waals surface area (Å²) in [5.41, 5.74) is 6.22. The minimum absolute atomic E-state index is 0.101. The van der Waals surface area contributed by atoms with Gasteiger partial charge in [-0.1, -0.05) is 6.07 Å². The second-order valence-corrected chi connectivity index (χ2v) is 4.08. The van der Waals surface area contributed by atoms with E-state index in [1.165, 1.54) is 18.2 Å². The Balaban J connectivity index is 2.02. The predicted molar refractivity (Wildman–Crippen MR) is 72.1 cm³/mol. The number of aromatic amines is 1. The molecule has 0 aliphatic rings. The molecule has 104 valence electrons. The number of H-pyrrole nitrogens is 1. The molecule has 1 heterocycles. The number of nitrogens with one attached hydrogen (secondary N) is 2. The van der Waals surface area contributed by atoms with E-state index in [-0.39, 0.29) is 16.9 Å². The molecule has 4 N–H and O–H groups in total. The van der Waals surface area contributed by atoms with Crippen molar-refractivity contribution in [3.63, 3.8) is 0 Å². The Hall–Kier alpha value is -2.90. The zero-order valence-electron chi connectivity index (χ0n) is 10.5. The number of rotatable bonds is 5. The molecule has 1 amide bonds. The summed E-state index contributed by atoms with van der Waals surface area (Å²) in [6.07, 6.45) is 3.80. The third kappa shape index (κ3) is 2.91. The van der Waals surface area contributed by atoms with E-state index in [1.807, 2.05) is 0 Å². The summed E-state index contributed by atoms with van der Waals surface area (Å²) >= 11 is 0. The summed E-state index contributed by atoms with van der Waals surface area (Å²) < 4.78 is 0. The number of nitrogen functional groups attached to an aromatic ring is 1. The molecule has 8 nitrogen and oxygen atoms in total. The SMILES string of the molecule is Nc1c(C(=O)NCCc2cnc[nH]2)cccc1[N+](=O)[O-]. The van der Waals surface area contributed by atoms with Crippen molar-refractivity contribution in [3.8, 4) is 0 Å². The van der Waals surface area contributed by atoms with Crippen molar-refractivity contribution in [2.24, 2.45) is 0 Å². The number of nitro groups is 1. The van der Waals surface area contributed by atoms with Gasteiger partial charge in [-0.15, -0.1) is 0 Å². The van der Waals surface area contributed by atoms with Crippen molar-refractivity contribution in [3.05, 3.63) is 52.1 Å². The van der Waals surface area contributed by atoms with Gasteiger partial charge in [0.25, 0.3) is 11.6 Å². The van der Waals surface area contributed by atoms with Crippen LogP contribution >= 0.6 is 0 Å². The highest BCUT2D eigenvalue weighted by Gasteiger charge is 2.18. The monoisotopic (exact) mass is 275 g/mol. The number of nitrogens with zero attached hydrogens (tertiary/aromatic N) is 2. The number of aromatic nitrogens is 2. The van der Waals surface area contributed by atoms with E-state index in [0.29, 0.717) is 13.0 Å². The number of imidazole rings is 1. The number of nitro benzene ring substituents is 1. The number of amides is 1. The van der Waals surface area contributed by atoms with Gasteiger partial charge in [0.15, 0.2) is 0 Å². The lowest BCUT2D eigenvalue weighted by atomic mass is 10.1. The lowest BCUT2D eigenvalue weighted by Crippen LogP contribution is -2.26. The van der Waals surface area contributed by atoms with Crippen LogP contribution in [-0.4, -0.2) is 27.3 Å². The molecule has 0 aliphatic heterocycles. The third-order valence-electron chi connectivity index (χ3n) is 2.76. The minimum atomic E-state index is -0.614. The Kier molecular flexibility index (Phi) is 3.94. The van der Waals surface area contributed by atoms with Gasteiger partial charge in [-0.05, 0) is 6.07 Å². The number of nitrogens with two attached hydrogens (primary N) is 1. The predicted octanol–water partition coefficient (Wildman–Crippen LogP) is 0.873. The summed E-state index contributed by atoms with van der Waals surface area (Å²) in [5.74, 6) is -0.439. The van der Waals surface area contributed by atoms with Crippen LogP contribution in [-0.2, 0) is 6.42 Å². The summed E-state index contributed by atoms with van der Waals surface area (Å²) in [4.78, 5) is 28.8. The fourth-order valence-electron chi connectivity index (χ4n) is 1.74. The second kappa shape index (κ2) is 5.83. The van der Waals surface area contributed by atoms with E-state index in [4.69, 9.17) is 5.73 Å². The Morgan fingerprint density at radius 3 is 2.95 bits per heavy atom.